The van der Waals surface area contributed by atoms with Crippen LogP contribution in [0.5, 0.6) is 0 Å². The van der Waals surface area contributed by atoms with E-state index < -0.39 is 23.8 Å². The molecule has 1 atom stereocenters. The van der Waals surface area contributed by atoms with E-state index in [1.807, 2.05) is 13.8 Å². The van der Waals surface area contributed by atoms with Crippen LogP contribution in [0.15, 0.2) is 41.7 Å². The molecule has 0 bridgehead atoms. The van der Waals surface area contributed by atoms with Crippen molar-refractivity contribution < 1.29 is 22.7 Å². The Morgan fingerprint density at radius 1 is 1.23 bits per heavy atom. The number of allylic oxidation sites excluding steroid dienone is 1. The van der Waals surface area contributed by atoms with Crippen molar-refractivity contribution in [3.05, 3.63) is 58.6 Å². The maximum atomic E-state index is 13.9. The SMILES string of the molecule is CCOC(=O)C1=C(C)Nc2ncc(CN(CC)CC)n2C1c1ccccc1C(F)(F)F. The van der Waals surface area contributed by atoms with Gasteiger partial charge >= 0.3 is 12.1 Å². The number of hydrogen-bond acceptors (Lipinski definition) is 5. The van der Waals surface area contributed by atoms with E-state index in [9.17, 15) is 18.0 Å². The second kappa shape index (κ2) is 9.13. The second-order valence-electron chi connectivity index (χ2n) is 7.28. The third kappa shape index (κ3) is 4.46. The molecular formula is C22H27F3N4O2. The van der Waals surface area contributed by atoms with Crippen molar-refractivity contribution in [2.75, 3.05) is 25.0 Å². The monoisotopic (exact) mass is 436 g/mol. The minimum Gasteiger partial charge on any atom is -0.463 e. The van der Waals surface area contributed by atoms with Crippen LogP contribution in [0.2, 0.25) is 0 Å². The number of esters is 1. The number of ether oxygens (including phenoxy) is 1. The Labute approximate surface area is 179 Å². The van der Waals surface area contributed by atoms with Gasteiger partial charge in [0.1, 0.15) is 0 Å². The van der Waals surface area contributed by atoms with Crippen molar-refractivity contribution >= 4 is 11.9 Å². The Hall–Kier alpha value is -2.81. The number of hydrogen-bond donors (Lipinski definition) is 1. The van der Waals surface area contributed by atoms with Crippen molar-refractivity contribution in [1.82, 2.24) is 14.5 Å². The normalized spacial score (nSPS) is 16.3. The zero-order valence-corrected chi connectivity index (χ0v) is 18.1. The van der Waals surface area contributed by atoms with Crippen LogP contribution in [0, 0.1) is 0 Å². The second-order valence-corrected chi connectivity index (χ2v) is 7.28. The summed E-state index contributed by atoms with van der Waals surface area (Å²) in [5.41, 5.74) is 0.476. The quantitative estimate of drug-likeness (QED) is 0.643. The molecule has 1 aromatic heterocycles. The molecule has 0 saturated carbocycles. The van der Waals surface area contributed by atoms with Crippen molar-refractivity contribution in [3.8, 4) is 0 Å². The van der Waals surface area contributed by atoms with Crippen LogP contribution < -0.4 is 5.32 Å². The molecule has 9 heteroatoms. The first kappa shape index (κ1) is 22.9. The molecule has 0 amide bonds. The van der Waals surface area contributed by atoms with E-state index in [1.54, 1.807) is 30.7 Å². The lowest BCUT2D eigenvalue weighted by atomic mass is 9.91. The van der Waals surface area contributed by atoms with Gasteiger partial charge in [-0.25, -0.2) is 9.78 Å². The molecule has 0 radical (unpaired) electrons. The minimum atomic E-state index is -4.57. The first-order chi connectivity index (χ1) is 14.7. The summed E-state index contributed by atoms with van der Waals surface area (Å²) >= 11 is 0. The van der Waals surface area contributed by atoms with Gasteiger partial charge in [-0.2, -0.15) is 13.2 Å². The molecule has 0 spiro atoms. The molecule has 1 aromatic carbocycles. The van der Waals surface area contributed by atoms with E-state index >= 15 is 0 Å². The van der Waals surface area contributed by atoms with Gasteiger partial charge in [0.25, 0.3) is 0 Å². The third-order valence-electron chi connectivity index (χ3n) is 5.44. The van der Waals surface area contributed by atoms with Crippen molar-refractivity contribution in [2.24, 2.45) is 0 Å². The highest BCUT2D eigenvalue weighted by Crippen LogP contribution is 2.43. The van der Waals surface area contributed by atoms with E-state index in [1.165, 1.54) is 12.1 Å². The molecule has 168 valence electrons. The van der Waals surface area contributed by atoms with Crippen LogP contribution in [0.1, 0.15) is 50.6 Å². The summed E-state index contributed by atoms with van der Waals surface area (Å²) in [4.78, 5) is 19.4. The summed E-state index contributed by atoms with van der Waals surface area (Å²) in [6.45, 7) is 9.49. The van der Waals surface area contributed by atoms with E-state index in [0.29, 0.717) is 23.9 Å². The minimum absolute atomic E-state index is 0.0149. The Kier molecular flexibility index (Phi) is 6.74. The standard InChI is InChI=1S/C22H27F3N4O2/c1-5-28(6-2)13-15-12-26-21-27-14(4)18(20(30)31-7-3)19(29(15)21)16-10-8-9-11-17(16)22(23,24)25/h8-12,19H,5-7,13H2,1-4H3,(H,26,27). The largest absolute Gasteiger partial charge is 0.463 e. The number of benzene rings is 1. The van der Waals surface area contributed by atoms with Gasteiger partial charge in [-0.1, -0.05) is 32.0 Å². The Bertz CT molecular complexity index is 977. The number of rotatable bonds is 7. The molecule has 2 heterocycles. The van der Waals surface area contributed by atoms with Gasteiger partial charge in [0, 0.05) is 12.2 Å². The van der Waals surface area contributed by atoms with E-state index in [2.05, 4.69) is 15.2 Å². The van der Waals surface area contributed by atoms with Gasteiger partial charge in [-0.15, -0.1) is 0 Å². The number of carbonyl (C=O) groups is 1. The van der Waals surface area contributed by atoms with Crippen LogP contribution in [-0.4, -0.2) is 40.1 Å². The van der Waals surface area contributed by atoms with Gasteiger partial charge in [0.2, 0.25) is 5.95 Å². The third-order valence-corrected chi connectivity index (χ3v) is 5.44. The lowest BCUT2D eigenvalue weighted by Gasteiger charge is -2.33. The van der Waals surface area contributed by atoms with E-state index in [4.69, 9.17) is 4.74 Å². The molecule has 0 saturated heterocycles. The van der Waals surface area contributed by atoms with E-state index in [0.717, 1.165) is 19.2 Å². The predicted molar refractivity (Wildman–Crippen MR) is 111 cm³/mol. The van der Waals surface area contributed by atoms with Gasteiger partial charge < -0.3 is 14.6 Å². The molecule has 6 nitrogen and oxygen atoms in total. The molecule has 1 N–H and O–H groups in total. The average Bonchev–Trinajstić information content (AvgIpc) is 3.12. The van der Waals surface area contributed by atoms with Gasteiger partial charge in [0.15, 0.2) is 0 Å². The Balaban J connectivity index is 2.25. The summed E-state index contributed by atoms with van der Waals surface area (Å²) in [5.74, 6) is -0.253. The molecule has 1 aliphatic rings. The highest BCUT2D eigenvalue weighted by Gasteiger charge is 2.41. The number of nitrogens with one attached hydrogen (secondary N) is 1. The topological polar surface area (TPSA) is 59.4 Å². The molecule has 1 aliphatic heterocycles. The van der Waals surface area contributed by atoms with Crippen molar-refractivity contribution in [1.29, 1.82) is 0 Å². The van der Waals surface area contributed by atoms with Gasteiger partial charge in [-0.05, 0) is 38.6 Å². The van der Waals surface area contributed by atoms with Crippen LogP contribution in [-0.2, 0) is 22.3 Å². The zero-order valence-electron chi connectivity index (χ0n) is 18.1. The molecule has 1 unspecified atom stereocenters. The Morgan fingerprint density at radius 3 is 2.52 bits per heavy atom. The smallest absolute Gasteiger partial charge is 0.416 e. The molecular weight excluding hydrogens is 409 g/mol. The first-order valence-corrected chi connectivity index (χ1v) is 10.3. The summed E-state index contributed by atoms with van der Waals surface area (Å²) in [7, 11) is 0. The number of aromatic nitrogens is 2. The zero-order chi connectivity index (χ0) is 22.8. The van der Waals surface area contributed by atoms with Crippen LogP contribution in [0.4, 0.5) is 19.1 Å². The summed E-state index contributed by atoms with van der Waals surface area (Å²) in [5, 5.41) is 3.07. The summed E-state index contributed by atoms with van der Waals surface area (Å²) in [6.07, 6.45) is -2.93. The number of imidazole rings is 1. The maximum absolute atomic E-state index is 13.9. The summed E-state index contributed by atoms with van der Waals surface area (Å²) in [6, 6.07) is 4.33. The number of fused-ring (bicyclic) bond motifs is 1. The molecule has 31 heavy (non-hydrogen) atoms. The van der Waals surface area contributed by atoms with Gasteiger partial charge in [-0.3, -0.25) is 4.90 Å². The fraction of sp³-hybridized carbons (Fsp3) is 0.455. The molecule has 0 aliphatic carbocycles. The van der Waals surface area contributed by atoms with Crippen LogP contribution >= 0.6 is 0 Å². The molecule has 3 rings (SSSR count). The number of anilines is 1. The maximum Gasteiger partial charge on any atom is 0.416 e. The van der Waals surface area contributed by atoms with Crippen LogP contribution in [0.3, 0.4) is 0 Å². The predicted octanol–water partition coefficient (Wildman–Crippen LogP) is 4.60. The van der Waals surface area contributed by atoms with E-state index in [-0.39, 0.29) is 17.7 Å². The fourth-order valence-electron chi connectivity index (χ4n) is 3.90. The lowest BCUT2D eigenvalue weighted by Crippen LogP contribution is -2.32. The first-order valence-electron chi connectivity index (χ1n) is 10.3. The van der Waals surface area contributed by atoms with Crippen molar-refractivity contribution in [3.63, 3.8) is 0 Å². The number of carbonyl (C=O) groups excluding carboxylic acids is 1. The highest BCUT2D eigenvalue weighted by atomic mass is 19.4. The number of nitrogens with zero attached hydrogens (tertiary/aromatic N) is 3. The highest BCUT2D eigenvalue weighted by molar-refractivity contribution is 5.92. The van der Waals surface area contributed by atoms with Crippen molar-refractivity contribution in [2.45, 2.75) is 46.5 Å². The number of alkyl halides is 3. The average molecular weight is 436 g/mol. The van der Waals surface area contributed by atoms with Gasteiger partial charge in [0.05, 0.1) is 35.7 Å². The molecule has 0 fully saturated rings. The van der Waals surface area contributed by atoms with Crippen LogP contribution in [0.25, 0.3) is 0 Å². The summed E-state index contributed by atoms with van der Waals surface area (Å²) < 4.78 is 48.7. The Morgan fingerprint density at radius 2 is 1.90 bits per heavy atom. The lowest BCUT2D eigenvalue weighted by molar-refractivity contribution is -0.141. The molecule has 2 aromatic rings. The number of halogens is 3. The fourth-order valence-corrected chi connectivity index (χ4v) is 3.90.